The highest BCUT2D eigenvalue weighted by atomic mass is 35.5. The predicted octanol–water partition coefficient (Wildman–Crippen LogP) is 3.72. The van der Waals surface area contributed by atoms with Crippen molar-refractivity contribution in [2.75, 3.05) is 37.3 Å². The molecule has 6 heteroatoms. The highest BCUT2D eigenvalue weighted by Gasteiger charge is 2.18. The van der Waals surface area contributed by atoms with Crippen molar-refractivity contribution in [3.63, 3.8) is 0 Å². The van der Waals surface area contributed by atoms with E-state index in [9.17, 15) is 0 Å². The Hall–Kier alpha value is -0.710. The average molecular weight is 317 g/mol. The van der Waals surface area contributed by atoms with Crippen LogP contribution in [0.1, 0.15) is 26.2 Å². The van der Waals surface area contributed by atoms with Crippen LogP contribution in [0, 0.1) is 0 Å². The second kappa shape index (κ2) is 7.34. The molecule has 0 radical (unpaired) electrons. The second-order valence-electron chi connectivity index (χ2n) is 5.30. The number of nitrogens with one attached hydrogen (secondary N) is 2. The summed E-state index contributed by atoms with van der Waals surface area (Å²) < 4.78 is 0. The van der Waals surface area contributed by atoms with E-state index >= 15 is 0 Å². The molecule has 0 saturated carbocycles. The topological polar surface area (TPSA) is 40.2 Å². The van der Waals surface area contributed by atoms with Crippen LogP contribution in [0.3, 0.4) is 0 Å². The van der Waals surface area contributed by atoms with Gasteiger partial charge in [-0.25, -0.2) is 4.98 Å². The number of halogens is 2. The third-order valence-electron chi connectivity index (χ3n) is 3.53. The van der Waals surface area contributed by atoms with Crippen LogP contribution >= 0.6 is 23.2 Å². The molecular weight excluding hydrogens is 295 g/mol. The zero-order chi connectivity index (χ0) is 14.5. The Morgan fingerprint density at radius 3 is 2.55 bits per heavy atom. The minimum absolute atomic E-state index is 0.427. The summed E-state index contributed by atoms with van der Waals surface area (Å²) in [5.74, 6) is 1.43. The lowest BCUT2D eigenvalue weighted by Crippen LogP contribution is -2.37. The van der Waals surface area contributed by atoms with E-state index in [0.717, 1.165) is 44.7 Å². The van der Waals surface area contributed by atoms with Crippen LogP contribution in [0.15, 0.2) is 6.07 Å². The molecule has 0 aromatic carbocycles. The second-order valence-corrected chi connectivity index (χ2v) is 6.11. The van der Waals surface area contributed by atoms with E-state index in [4.69, 9.17) is 23.2 Å². The Balaban J connectivity index is 2.06. The lowest BCUT2D eigenvalue weighted by atomic mass is 10.1. The van der Waals surface area contributed by atoms with Crippen LogP contribution in [-0.2, 0) is 0 Å². The molecule has 112 valence electrons. The minimum Gasteiger partial charge on any atom is -0.369 e. The molecule has 1 saturated heterocycles. The van der Waals surface area contributed by atoms with Crippen molar-refractivity contribution in [3.8, 4) is 0 Å². The maximum atomic E-state index is 6.24. The van der Waals surface area contributed by atoms with Gasteiger partial charge in [-0.2, -0.15) is 0 Å². The highest BCUT2D eigenvalue weighted by Crippen LogP contribution is 2.30. The van der Waals surface area contributed by atoms with Gasteiger partial charge in [-0.15, -0.1) is 0 Å². The van der Waals surface area contributed by atoms with Gasteiger partial charge in [0.15, 0.2) is 0 Å². The summed E-state index contributed by atoms with van der Waals surface area (Å²) in [7, 11) is 2.15. The first-order chi connectivity index (χ1) is 9.60. The number of hydrogen-bond donors (Lipinski definition) is 2. The Bertz CT molecular complexity index is 445. The van der Waals surface area contributed by atoms with Crippen molar-refractivity contribution in [1.29, 1.82) is 0 Å². The molecule has 0 unspecified atom stereocenters. The van der Waals surface area contributed by atoms with Crippen molar-refractivity contribution in [2.24, 2.45) is 0 Å². The van der Waals surface area contributed by atoms with Crippen molar-refractivity contribution >= 4 is 34.8 Å². The molecule has 2 N–H and O–H groups in total. The van der Waals surface area contributed by atoms with E-state index in [1.807, 2.05) is 0 Å². The van der Waals surface area contributed by atoms with Gasteiger partial charge in [0.25, 0.3) is 0 Å². The average Bonchev–Trinajstić information content (AvgIpc) is 2.43. The van der Waals surface area contributed by atoms with E-state index < -0.39 is 0 Å². The maximum Gasteiger partial charge on any atom is 0.147 e. The molecule has 0 amide bonds. The fourth-order valence-electron chi connectivity index (χ4n) is 2.28. The highest BCUT2D eigenvalue weighted by molar-refractivity contribution is 6.37. The van der Waals surface area contributed by atoms with Gasteiger partial charge in [0.2, 0.25) is 0 Å². The molecule has 1 fully saturated rings. The largest absolute Gasteiger partial charge is 0.369 e. The van der Waals surface area contributed by atoms with Crippen LogP contribution in [0.2, 0.25) is 10.0 Å². The van der Waals surface area contributed by atoms with Crippen LogP contribution < -0.4 is 10.6 Å². The summed E-state index contributed by atoms with van der Waals surface area (Å²) >= 11 is 12.4. The van der Waals surface area contributed by atoms with E-state index in [0.29, 0.717) is 21.9 Å². The van der Waals surface area contributed by atoms with Crippen LogP contribution in [0.25, 0.3) is 0 Å². The zero-order valence-corrected chi connectivity index (χ0v) is 13.6. The third-order valence-corrected chi connectivity index (χ3v) is 4.11. The first-order valence-corrected chi connectivity index (χ1v) is 7.90. The summed E-state index contributed by atoms with van der Waals surface area (Å²) in [6.07, 6.45) is 3.24. The number of pyridine rings is 1. The Kier molecular flexibility index (Phi) is 5.75. The fraction of sp³-hybridized carbons (Fsp3) is 0.643. The minimum atomic E-state index is 0.427. The van der Waals surface area contributed by atoms with Crippen LogP contribution in [-0.4, -0.2) is 42.6 Å². The van der Waals surface area contributed by atoms with E-state index in [2.05, 4.69) is 34.5 Å². The van der Waals surface area contributed by atoms with Gasteiger partial charge in [0.1, 0.15) is 11.6 Å². The van der Waals surface area contributed by atoms with Gasteiger partial charge in [-0.05, 0) is 45.5 Å². The molecule has 1 aromatic heterocycles. The number of likely N-dealkylation sites (tertiary alicyclic amines) is 1. The number of piperidine rings is 1. The molecular formula is C14H22Cl2N4. The number of hydrogen-bond acceptors (Lipinski definition) is 4. The number of rotatable bonds is 5. The molecule has 1 aromatic rings. The van der Waals surface area contributed by atoms with E-state index in [1.165, 1.54) is 0 Å². The lowest BCUT2D eigenvalue weighted by molar-refractivity contribution is 0.263. The quantitative estimate of drug-likeness (QED) is 0.868. The smallest absolute Gasteiger partial charge is 0.147 e. The summed E-state index contributed by atoms with van der Waals surface area (Å²) in [4.78, 5) is 6.86. The van der Waals surface area contributed by atoms with Gasteiger partial charge in [-0.1, -0.05) is 30.1 Å². The van der Waals surface area contributed by atoms with Gasteiger partial charge in [-0.3, -0.25) is 0 Å². The maximum absolute atomic E-state index is 6.24. The normalized spacial score (nSPS) is 17.2. The molecule has 2 heterocycles. The Morgan fingerprint density at radius 1 is 1.25 bits per heavy atom. The van der Waals surface area contributed by atoms with Gasteiger partial charge >= 0.3 is 0 Å². The monoisotopic (exact) mass is 316 g/mol. The fourth-order valence-corrected chi connectivity index (χ4v) is 2.76. The molecule has 4 nitrogen and oxygen atoms in total. The Morgan fingerprint density at radius 2 is 1.90 bits per heavy atom. The first kappa shape index (κ1) is 15.7. The molecule has 20 heavy (non-hydrogen) atoms. The zero-order valence-electron chi connectivity index (χ0n) is 12.0. The van der Waals surface area contributed by atoms with E-state index in [-0.39, 0.29) is 0 Å². The van der Waals surface area contributed by atoms with Crippen LogP contribution in [0.4, 0.5) is 11.6 Å². The number of aromatic nitrogens is 1. The number of anilines is 2. The van der Waals surface area contributed by atoms with Crippen molar-refractivity contribution in [1.82, 2.24) is 9.88 Å². The third kappa shape index (κ3) is 4.14. The molecule has 1 aliphatic heterocycles. The van der Waals surface area contributed by atoms with Gasteiger partial charge in [0, 0.05) is 12.6 Å². The molecule has 0 spiro atoms. The molecule has 0 aliphatic carbocycles. The standard InChI is InChI=1S/C14H22Cl2N4/c1-3-6-17-13-11(15)9-12(16)14(19-13)18-10-4-7-20(2)8-5-10/h9-10H,3-8H2,1-2H3,(H2,17,18,19). The van der Waals surface area contributed by atoms with Crippen molar-refractivity contribution in [3.05, 3.63) is 16.1 Å². The lowest BCUT2D eigenvalue weighted by Gasteiger charge is -2.30. The van der Waals surface area contributed by atoms with Crippen molar-refractivity contribution < 1.29 is 0 Å². The molecule has 2 rings (SSSR count). The Labute approximate surface area is 130 Å². The summed E-state index contributed by atoms with van der Waals surface area (Å²) in [6, 6.07) is 2.18. The SMILES string of the molecule is CCCNc1nc(NC2CCN(C)CC2)c(Cl)cc1Cl. The van der Waals surface area contributed by atoms with Crippen LogP contribution in [0.5, 0.6) is 0 Å². The molecule has 0 atom stereocenters. The molecule has 0 bridgehead atoms. The summed E-state index contributed by atoms with van der Waals surface area (Å²) in [6.45, 7) is 5.16. The summed E-state index contributed by atoms with van der Waals surface area (Å²) in [5, 5.41) is 7.82. The molecule has 1 aliphatic rings. The predicted molar refractivity (Wildman–Crippen MR) is 87.2 cm³/mol. The van der Waals surface area contributed by atoms with E-state index in [1.54, 1.807) is 6.07 Å². The van der Waals surface area contributed by atoms with Gasteiger partial charge < -0.3 is 15.5 Å². The summed E-state index contributed by atoms with van der Waals surface area (Å²) in [5.41, 5.74) is 0. The number of nitrogens with zero attached hydrogens (tertiary/aromatic N) is 2. The van der Waals surface area contributed by atoms with Crippen molar-refractivity contribution in [2.45, 2.75) is 32.2 Å². The van der Waals surface area contributed by atoms with Gasteiger partial charge in [0.05, 0.1) is 10.0 Å². The first-order valence-electron chi connectivity index (χ1n) is 7.15.